The van der Waals surface area contributed by atoms with E-state index >= 15 is 0 Å². The van der Waals surface area contributed by atoms with Gasteiger partial charge in [-0.15, -0.1) is 0 Å². The Kier molecular flexibility index (Phi) is 3.07. The van der Waals surface area contributed by atoms with E-state index in [-0.39, 0.29) is 10.3 Å². The molecule has 1 heterocycles. The van der Waals surface area contributed by atoms with Crippen molar-refractivity contribution in [3.05, 3.63) is 15.9 Å². The summed E-state index contributed by atoms with van der Waals surface area (Å²) < 4.78 is 26.2. The Morgan fingerprint density at radius 1 is 1.29 bits per heavy atom. The fraction of sp³-hybridized carbons (Fsp3) is 0.625. The molecule has 1 aromatic heterocycles. The first kappa shape index (κ1) is 11.7. The van der Waals surface area contributed by atoms with Gasteiger partial charge in [0.15, 0.2) is 5.15 Å². The summed E-state index contributed by atoms with van der Waals surface area (Å²) in [5, 5.41) is 3.44. The average molecular weight is 243 g/mol. The van der Waals surface area contributed by atoms with E-state index in [1.54, 1.807) is 20.8 Å². The van der Waals surface area contributed by atoms with Crippen molar-refractivity contribution in [1.82, 2.24) is 9.78 Å². The zero-order chi connectivity index (χ0) is 11.1. The molecule has 0 saturated heterocycles. The summed E-state index contributed by atoms with van der Waals surface area (Å²) in [4.78, 5) is 0. The Bertz CT molecular complexity index is 342. The third-order valence-electron chi connectivity index (χ3n) is 1.67. The molecule has 2 nitrogen and oxygen atoms in total. The summed E-state index contributed by atoms with van der Waals surface area (Å²) in [6.45, 7) is 5.41. The number of hydrogen-bond acceptors (Lipinski definition) is 1. The second kappa shape index (κ2) is 3.66. The van der Waals surface area contributed by atoms with Gasteiger partial charge in [0.25, 0.3) is 6.43 Å². The van der Waals surface area contributed by atoms with Crippen LogP contribution in [0.5, 0.6) is 0 Å². The van der Waals surface area contributed by atoms with Gasteiger partial charge >= 0.3 is 0 Å². The average Bonchev–Trinajstić information content (AvgIpc) is 2.24. The van der Waals surface area contributed by atoms with Gasteiger partial charge in [-0.2, -0.15) is 5.10 Å². The third-order valence-corrected chi connectivity index (χ3v) is 2.31. The van der Waals surface area contributed by atoms with Gasteiger partial charge in [-0.1, -0.05) is 23.2 Å². The summed E-state index contributed by atoms with van der Waals surface area (Å²) in [5.41, 5.74) is -0.864. The molecular formula is C8H10Cl2F2N2. The first-order valence-corrected chi connectivity index (χ1v) is 4.73. The van der Waals surface area contributed by atoms with Crippen LogP contribution in [-0.4, -0.2) is 9.78 Å². The Labute approximate surface area is 90.8 Å². The topological polar surface area (TPSA) is 17.8 Å². The first-order chi connectivity index (χ1) is 6.25. The van der Waals surface area contributed by atoms with Gasteiger partial charge in [-0.05, 0) is 20.8 Å². The molecule has 0 saturated carbocycles. The Morgan fingerprint density at radius 3 is 2.00 bits per heavy atom. The minimum absolute atomic E-state index is 0.0995. The maximum atomic E-state index is 12.5. The second-order valence-corrected chi connectivity index (χ2v) is 4.59. The predicted molar refractivity (Wildman–Crippen MR) is 52.2 cm³/mol. The Morgan fingerprint density at radius 2 is 1.79 bits per heavy atom. The molecule has 0 radical (unpaired) electrons. The lowest BCUT2D eigenvalue weighted by molar-refractivity contribution is 0.151. The van der Waals surface area contributed by atoms with E-state index in [1.165, 1.54) is 4.68 Å². The van der Waals surface area contributed by atoms with E-state index in [4.69, 9.17) is 23.2 Å². The number of aromatic nitrogens is 2. The van der Waals surface area contributed by atoms with Gasteiger partial charge < -0.3 is 0 Å². The minimum Gasteiger partial charge on any atom is -0.247 e. The van der Waals surface area contributed by atoms with Crippen LogP contribution in [0.4, 0.5) is 8.78 Å². The van der Waals surface area contributed by atoms with Crippen LogP contribution in [0.2, 0.25) is 10.3 Å². The normalized spacial score (nSPS) is 12.6. The van der Waals surface area contributed by atoms with Gasteiger partial charge in [0.05, 0.1) is 11.1 Å². The van der Waals surface area contributed by atoms with Crippen molar-refractivity contribution in [2.24, 2.45) is 0 Å². The highest BCUT2D eigenvalue weighted by molar-refractivity contribution is 6.35. The van der Waals surface area contributed by atoms with Crippen molar-refractivity contribution in [3.63, 3.8) is 0 Å². The van der Waals surface area contributed by atoms with Crippen LogP contribution >= 0.6 is 23.2 Å². The van der Waals surface area contributed by atoms with Crippen molar-refractivity contribution >= 4 is 23.2 Å². The van der Waals surface area contributed by atoms with E-state index in [9.17, 15) is 8.78 Å². The van der Waals surface area contributed by atoms with Crippen molar-refractivity contribution in [1.29, 1.82) is 0 Å². The predicted octanol–water partition coefficient (Wildman–Crippen LogP) is 3.88. The molecule has 0 bridgehead atoms. The molecule has 1 aromatic rings. The van der Waals surface area contributed by atoms with Gasteiger partial charge in [0.1, 0.15) is 5.15 Å². The summed E-state index contributed by atoms with van der Waals surface area (Å²) in [6.07, 6.45) is -2.70. The van der Waals surface area contributed by atoms with Gasteiger partial charge in [0.2, 0.25) is 0 Å². The van der Waals surface area contributed by atoms with Crippen LogP contribution in [0.25, 0.3) is 0 Å². The number of hydrogen-bond donors (Lipinski definition) is 0. The molecule has 0 aliphatic heterocycles. The molecule has 0 aromatic carbocycles. The van der Waals surface area contributed by atoms with Crippen LogP contribution in [0.15, 0.2) is 0 Å². The standard InChI is InChI=1S/C8H10Cl2F2N2/c1-8(2,3)14-6(10)4(7(11)12)5(9)13-14/h7H,1-3H3. The fourth-order valence-electron chi connectivity index (χ4n) is 1.01. The highest BCUT2D eigenvalue weighted by Gasteiger charge is 2.27. The van der Waals surface area contributed by atoms with Crippen LogP contribution in [0, 0.1) is 0 Å². The molecule has 0 spiro atoms. The zero-order valence-electron chi connectivity index (χ0n) is 7.98. The van der Waals surface area contributed by atoms with Crippen LogP contribution in [0.1, 0.15) is 32.8 Å². The van der Waals surface area contributed by atoms with Gasteiger partial charge in [-0.3, -0.25) is 0 Å². The van der Waals surface area contributed by atoms with E-state index in [0.29, 0.717) is 0 Å². The highest BCUT2D eigenvalue weighted by Crippen LogP contribution is 2.35. The zero-order valence-corrected chi connectivity index (χ0v) is 9.50. The van der Waals surface area contributed by atoms with Crippen LogP contribution < -0.4 is 0 Å². The van der Waals surface area contributed by atoms with Crippen molar-refractivity contribution in [2.45, 2.75) is 32.7 Å². The molecule has 0 atom stereocenters. The monoisotopic (exact) mass is 242 g/mol. The van der Waals surface area contributed by atoms with Crippen LogP contribution in [-0.2, 0) is 5.54 Å². The lowest BCUT2D eigenvalue weighted by Gasteiger charge is -2.20. The van der Waals surface area contributed by atoms with E-state index in [0.717, 1.165) is 0 Å². The molecule has 0 N–H and O–H groups in total. The van der Waals surface area contributed by atoms with Gasteiger partial charge in [0, 0.05) is 0 Å². The fourth-order valence-corrected chi connectivity index (χ4v) is 1.77. The lowest BCUT2D eigenvalue weighted by atomic mass is 10.1. The molecule has 80 valence electrons. The maximum absolute atomic E-state index is 12.5. The Hall–Kier alpha value is -0.350. The second-order valence-electron chi connectivity index (χ2n) is 3.88. The smallest absolute Gasteiger partial charge is 0.247 e. The van der Waals surface area contributed by atoms with Crippen LogP contribution in [0.3, 0.4) is 0 Å². The summed E-state index contributed by atoms with van der Waals surface area (Å²) in [6, 6.07) is 0. The number of halogens is 4. The third kappa shape index (κ3) is 2.01. The van der Waals surface area contributed by atoms with Crippen molar-refractivity contribution in [2.75, 3.05) is 0 Å². The quantitative estimate of drug-likeness (QED) is 0.731. The summed E-state index contributed by atoms with van der Waals surface area (Å²) in [7, 11) is 0. The molecular weight excluding hydrogens is 233 g/mol. The SMILES string of the molecule is CC(C)(C)n1nc(Cl)c(C(F)F)c1Cl. The van der Waals surface area contributed by atoms with Gasteiger partial charge in [-0.25, -0.2) is 13.5 Å². The molecule has 1 rings (SSSR count). The number of rotatable bonds is 1. The van der Waals surface area contributed by atoms with E-state index in [2.05, 4.69) is 5.10 Å². The summed E-state index contributed by atoms with van der Waals surface area (Å²) >= 11 is 11.3. The highest BCUT2D eigenvalue weighted by atomic mass is 35.5. The van der Waals surface area contributed by atoms with E-state index < -0.39 is 17.5 Å². The molecule has 0 aliphatic carbocycles. The molecule has 0 fully saturated rings. The Balaban J connectivity index is 3.31. The molecule has 6 heteroatoms. The van der Waals surface area contributed by atoms with Crippen molar-refractivity contribution in [3.8, 4) is 0 Å². The summed E-state index contributed by atoms with van der Waals surface area (Å²) in [5.74, 6) is 0. The minimum atomic E-state index is -2.70. The lowest BCUT2D eigenvalue weighted by Crippen LogP contribution is -2.23. The number of nitrogens with zero attached hydrogens (tertiary/aromatic N) is 2. The largest absolute Gasteiger partial charge is 0.269 e. The molecule has 0 amide bonds. The van der Waals surface area contributed by atoms with E-state index in [1.807, 2.05) is 0 Å². The van der Waals surface area contributed by atoms with Crippen molar-refractivity contribution < 1.29 is 8.78 Å². The molecule has 0 unspecified atom stereocenters. The number of alkyl halides is 2. The first-order valence-electron chi connectivity index (χ1n) is 3.97. The molecule has 0 aliphatic rings. The maximum Gasteiger partial charge on any atom is 0.269 e. The molecule has 14 heavy (non-hydrogen) atoms.